The van der Waals surface area contributed by atoms with Gasteiger partial charge in [-0.1, -0.05) is 87.9 Å². The third-order valence-corrected chi connectivity index (χ3v) is 6.48. The van der Waals surface area contributed by atoms with Gasteiger partial charge in [0.05, 0.1) is 5.41 Å². The second kappa shape index (κ2) is 8.94. The zero-order valence-electron chi connectivity index (χ0n) is 17.7. The summed E-state index contributed by atoms with van der Waals surface area (Å²) in [5.74, 6) is 1.51. The first-order valence-electron chi connectivity index (χ1n) is 10.7. The van der Waals surface area contributed by atoms with Gasteiger partial charge < -0.3 is 4.74 Å². The first-order valence-corrected chi connectivity index (χ1v) is 10.7. The molecule has 0 aliphatic heterocycles. The predicted octanol–water partition coefficient (Wildman–Crippen LogP) is 6.19. The summed E-state index contributed by atoms with van der Waals surface area (Å²) >= 11 is 0. The Kier molecular flexibility index (Phi) is 6.59. The highest BCUT2D eigenvalue weighted by atomic mass is 16.5. The van der Waals surface area contributed by atoms with Crippen molar-refractivity contribution in [2.45, 2.75) is 64.9 Å². The molecule has 0 spiro atoms. The zero-order valence-corrected chi connectivity index (χ0v) is 17.7. The fourth-order valence-corrected chi connectivity index (χ4v) is 4.62. The summed E-state index contributed by atoms with van der Waals surface area (Å²) in [6.45, 7) is 8.82. The predicted molar refractivity (Wildman–Crippen MR) is 115 cm³/mol. The van der Waals surface area contributed by atoms with Crippen LogP contribution >= 0.6 is 0 Å². The van der Waals surface area contributed by atoms with Crippen LogP contribution in [0.15, 0.2) is 60.7 Å². The number of ether oxygens (including phenoxy) is 1. The van der Waals surface area contributed by atoms with Crippen molar-refractivity contribution in [1.82, 2.24) is 0 Å². The Hall–Kier alpha value is -2.09. The Morgan fingerprint density at radius 2 is 1.64 bits per heavy atom. The van der Waals surface area contributed by atoms with Gasteiger partial charge >= 0.3 is 5.97 Å². The summed E-state index contributed by atoms with van der Waals surface area (Å²) < 4.78 is 6.29. The maximum atomic E-state index is 13.6. The van der Waals surface area contributed by atoms with Crippen LogP contribution in [0.4, 0.5) is 0 Å². The topological polar surface area (TPSA) is 26.3 Å². The van der Waals surface area contributed by atoms with Gasteiger partial charge in [-0.15, -0.1) is 0 Å². The third kappa shape index (κ3) is 4.66. The van der Waals surface area contributed by atoms with Gasteiger partial charge in [0.1, 0.15) is 6.10 Å². The van der Waals surface area contributed by atoms with Crippen molar-refractivity contribution in [3.8, 4) is 0 Å². The normalized spacial score (nSPS) is 24.5. The summed E-state index contributed by atoms with van der Waals surface area (Å²) in [5.41, 5.74) is 1.49. The lowest BCUT2D eigenvalue weighted by Crippen LogP contribution is -2.43. The summed E-state index contributed by atoms with van der Waals surface area (Å²) in [6.07, 6.45) is 4.03. The second-order valence-electron chi connectivity index (χ2n) is 9.13. The van der Waals surface area contributed by atoms with Crippen LogP contribution in [0.2, 0.25) is 0 Å². The molecule has 0 bridgehead atoms. The minimum absolute atomic E-state index is 0.0232. The zero-order chi connectivity index (χ0) is 20.1. The highest BCUT2D eigenvalue weighted by molar-refractivity contribution is 5.83. The Morgan fingerprint density at radius 3 is 2.25 bits per heavy atom. The number of hydrogen-bond acceptors (Lipinski definition) is 2. The van der Waals surface area contributed by atoms with Crippen molar-refractivity contribution < 1.29 is 9.53 Å². The van der Waals surface area contributed by atoms with Crippen molar-refractivity contribution in [1.29, 1.82) is 0 Å². The lowest BCUT2D eigenvalue weighted by molar-refractivity contribution is -0.162. The van der Waals surface area contributed by atoms with Crippen LogP contribution < -0.4 is 0 Å². The van der Waals surface area contributed by atoms with Crippen LogP contribution in [0, 0.1) is 17.8 Å². The van der Waals surface area contributed by atoms with Crippen LogP contribution in [-0.2, 0) is 21.4 Å². The molecule has 2 heteroatoms. The van der Waals surface area contributed by atoms with Crippen molar-refractivity contribution in [2.24, 2.45) is 17.8 Å². The Labute approximate surface area is 170 Å². The van der Waals surface area contributed by atoms with Gasteiger partial charge in [0.2, 0.25) is 0 Å². The lowest BCUT2D eigenvalue weighted by atomic mass is 9.74. The average molecular weight is 379 g/mol. The minimum atomic E-state index is -0.690. The van der Waals surface area contributed by atoms with E-state index in [0.717, 1.165) is 24.0 Å². The van der Waals surface area contributed by atoms with E-state index in [1.165, 1.54) is 6.42 Å². The SMILES string of the molecule is CC(C)[C@@H]1CC[C@@H](C)C[C@H]1OC(=O)[C@@](C)(Cc1ccccc1)c1ccccc1. The smallest absolute Gasteiger partial charge is 0.316 e. The van der Waals surface area contributed by atoms with Crippen LogP contribution in [-0.4, -0.2) is 12.1 Å². The summed E-state index contributed by atoms with van der Waals surface area (Å²) in [5, 5.41) is 0. The summed E-state index contributed by atoms with van der Waals surface area (Å²) in [7, 11) is 0. The van der Waals surface area contributed by atoms with Crippen LogP contribution in [0.5, 0.6) is 0 Å². The molecule has 0 radical (unpaired) electrons. The van der Waals surface area contributed by atoms with Gasteiger partial charge in [-0.05, 0) is 55.1 Å². The summed E-state index contributed by atoms with van der Waals surface area (Å²) in [4.78, 5) is 13.6. The number of rotatable bonds is 6. The van der Waals surface area contributed by atoms with Gasteiger partial charge in [0, 0.05) is 0 Å². The molecule has 0 N–H and O–H groups in total. The number of esters is 1. The van der Waals surface area contributed by atoms with E-state index < -0.39 is 5.41 Å². The molecule has 0 saturated heterocycles. The van der Waals surface area contributed by atoms with Crippen LogP contribution in [0.25, 0.3) is 0 Å². The standard InChI is InChI=1S/C26H34O2/c1-19(2)23-16-15-20(3)17-24(23)28-25(27)26(4,22-13-9-6-10-14-22)18-21-11-7-5-8-12-21/h5-14,19-20,23-24H,15-18H2,1-4H3/t20-,23+,24-,26+/m1/s1. The molecule has 0 heterocycles. The molecule has 28 heavy (non-hydrogen) atoms. The molecule has 0 amide bonds. The Morgan fingerprint density at radius 1 is 1.04 bits per heavy atom. The van der Waals surface area contributed by atoms with Gasteiger partial charge in [-0.3, -0.25) is 4.79 Å². The number of hydrogen-bond donors (Lipinski definition) is 0. The quantitative estimate of drug-likeness (QED) is 0.560. The molecule has 2 aromatic rings. The Balaban J connectivity index is 1.88. The van der Waals surface area contributed by atoms with Gasteiger partial charge in [0.25, 0.3) is 0 Å². The molecule has 2 nitrogen and oxygen atoms in total. The average Bonchev–Trinajstić information content (AvgIpc) is 2.69. The molecule has 150 valence electrons. The van der Waals surface area contributed by atoms with Crippen molar-refractivity contribution in [3.05, 3.63) is 71.8 Å². The number of carbonyl (C=O) groups excluding carboxylic acids is 1. The molecule has 0 unspecified atom stereocenters. The molecule has 1 fully saturated rings. The monoisotopic (exact) mass is 378 g/mol. The molecule has 1 aliphatic rings. The van der Waals surface area contributed by atoms with Crippen molar-refractivity contribution in [3.63, 3.8) is 0 Å². The molecular formula is C26H34O2. The number of benzene rings is 2. The van der Waals surface area contributed by atoms with E-state index in [0.29, 0.717) is 24.2 Å². The Bertz CT molecular complexity index is 753. The van der Waals surface area contributed by atoms with E-state index in [2.05, 4.69) is 32.9 Å². The van der Waals surface area contributed by atoms with Crippen LogP contribution in [0.3, 0.4) is 0 Å². The first-order chi connectivity index (χ1) is 13.4. The highest BCUT2D eigenvalue weighted by Crippen LogP contribution is 2.38. The van der Waals surface area contributed by atoms with E-state index in [4.69, 9.17) is 4.74 Å². The molecular weight excluding hydrogens is 344 g/mol. The molecule has 1 saturated carbocycles. The van der Waals surface area contributed by atoms with Crippen molar-refractivity contribution >= 4 is 5.97 Å². The largest absolute Gasteiger partial charge is 0.461 e. The van der Waals surface area contributed by atoms with E-state index in [1.807, 2.05) is 55.5 Å². The molecule has 3 rings (SSSR count). The van der Waals surface area contributed by atoms with Gasteiger partial charge in [-0.25, -0.2) is 0 Å². The minimum Gasteiger partial charge on any atom is -0.461 e. The van der Waals surface area contributed by atoms with E-state index in [-0.39, 0.29) is 12.1 Å². The van der Waals surface area contributed by atoms with Gasteiger partial charge in [-0.2, -0.15) is 0 Å². The second-order valence-corrected chi connectivity index (χ2v) is 9.13. The highest BCUT2D eigenvalue weighted by Gasteiger charge is 2.41. The van der Waals surface area contributed by atoms with Gasteiger partial charge in [0.15, 0.2) is 0 Å². The van der Waals surface area contributed by atoms with Crippen molar-refractivity contribution in [2.75, 3.05) is 0 Å². The molecule has 4 atom stereocenters. The van der Waals surface area contributed by atoms with Crippen LogP contribution in [0.1, 0.15) is 58.1 Å². The maximum absolute atomic E-state index is 13.6. The van der Waals surface area contributed by atoms with E-state index in [1.54, 1.807) is 0 Å². The molecule has 1 aliphatic carbocycles. The maximum Gasteiger partial charge on any atom is 0.316 e. The molecule has 2 aromatic carbocycles. The lowest BCUT2D eigenvalue weighted by Gasteiger charge is -2.39. The van der Waals surface area contributed by atoms with E-state index >= 15 is 0 Å². The fourth-order valence-electron chi connectivity index (χ4n) is 4.62. The third-order valence-electron chi connectivity index (χ3n) is 6.48. The fraction of sp³-hybridized carbons (Fsp3) is 0.500. The van der Waals surface area contributed by atoms with E-state index in [9.17, 15) is 4.79 Å². The molecule has 0 aromatic heterocycles. The first kappa shape index (κ1) is 20.6. The number of carbonyl (C=O) groups is 1. The summed E-state index contributed by atoms with van der Waals surface area (Å²) in [6, 6.07) is 20.4.